The number of nitrogens with two attached hydrogens (primary N) is 1. The van der Waals surface area contributed by atoms with Gasteiger partial charge < -0.3 is 20.3 Å². The van der Waals surface area contributed by atoms with Crippen molar-refractivity contribution < 1.29 is 27.8 Å². The highest BCUT2D eigenvalue weighted by molar-refractivity contribution is 7.89. The van der Waals surface area contributed by atoms with Crippen molar-refractivity contribution in [1.29, 1.82) is 0 Å². The van der Waals surface area contributed by atoms with Gasteiger partial charge in [-0.1, -0.05) is 31.0 Å². The number of primary sulfonamides is 1. The molecule has 5 N–H and O–H groups in total. The first kappa shape index (κ1) is 27.2. The normalized spacial score (nSPS) is 12.7. The van der Waals surface area contributed by atoms with E-state index in [1.54, 1.807) is 12.1 Å². The zero-order valence-electron chi connectivity index (χ0n) is 18.9. The number of ether oxygens (including phenoxy) is 1. The van der Waals surface area contributed by atoms with Gasteiger partial charge in [0.2, 0.25) is 10.0 Å². The van der Waals surface area contributed by atoms with Crippen LogP contribution in [0.15, 0.2) is 47.4 Å². The van der Waals surface area contributed by atoms with Crippen molar-refractivity contribution in [3.63, 3.8) is 0 Å². The molecule has 184 valence electrons. The average Bonchev–Trinajstić information content (AvgIpc) is 2.78. The summed E-state index contributed by atoms with van der Waals surface area (Å²) in [6.45, 7) is 2.51. The summed E-state index contributed by atoms with van der Waals surface area (Å²) < 4.78 is 41.8. The zero-order valence-corrected chi connectivity index (χ0v) is 19.7. The van der Waals surface area contributed by atoms with Gasteiger partial charge in [0, 0.05) is 19.8 Å². The molecule has 0 amide bonds. The van der Waals surface area contributed by atoms with Crippen LogP contribution in [0.1, 0.15) is 55.8 Å². The van der Waals surface area contributed by atoms with Gasteiger partial charge in [-0.3, -0.25) is 0 Å². The summed E-state index contributed by atoms with van der Waals surface area (Å²) in [5.41, 5.74) is 1.39. The Morgan fingerprint density at radius 2 is 1.73 bits per heavy atom. The molecule has 0 fully saturated rings. The maximum atomic E-state index is 13.3. The third-order valence-electron chi connectivity index (χ3n) is 5.32. The predicted octanol–water partition coefficient (Wildman–Crippen LogP) is 3.40. The second kappa shape index (κ2) is 14.3. The van der Waals surface area contributed by atoms with Crippen molar-refractivity contribution in [2.45, 2.75) is 55.9 Å². The Labute approximate surface area is 195 Å². The van der Waals surface area contributed by atoms with Crippen LogP contribution in [0.4, 0.5) is 4.39 Å². The maximum Gasteiger partial charge on any atom is 0.238 e. The van der Waals surface area contributed by atoms with Gasteiger partial charge in [0.15, 0.2) is 11.6 Å². The van der Waals surface area contributed by atoms with E-state index in [0.29, 0.717) is 18.7 Å². The van der Waals surface area contributed by atoms with Gasteiger partial charge in [0.25, 0.3) is 0 Å². The minimum atomic E-state index is -3.66. The summed E-state index contributed by atoms with van der Waals surface area (Å²) in [7, 11) is -3.66. The minimum absolute atomic E-state index is 0.148. The number of aryl methyl sites for hydroxylation is 1. The fourth-order valence-electron chi connectivity index (χ4n) is 3.41. The molecular formula is C24H35FN2O5S. The molecular weight excluding hydrogens is 447 g/mol. The van der Waals surface area contributed by atoms with Gasteiger partial charge in [-0.05, 0) is 74.0 Å². The van der Waals surface area contributed by atoms with Crippen molar-refractivity contribution >= 4 is 10.0 Å². The third-order valence-corrected chi connectivity index (χ3v) is 6.23. The number of sulfonamides is 1. The third kappa shape index (κ3) is 10.6. The number of aliphatic hydroxyl groups is 1. The van der Waals surface area contributed by atoms with Crippen LogP contribution in [0, 0.1) is 5.82 Å². The first-order valence-electron chi connectivity index (χ1n) is 11.3. The number of aromatic hydroxyl groups is 1. The first-order chi connectivity index (χ1) is 15.8. The molecule has 0 aromatic heterocycles. The van der Waals surface area contributed by atoms with Crippen LogP contribution >= 0.6 is 0 Å². The molecule has 0 aliphatic rings. The van der Waals surface area contributed by atoms with Crippen LogP contribution in [0.3, 0.4) is 0 Å². The molecule has 0 heterocycles. The van der Waals surface area contributed by atoms with Gasteiger partial charge >= 0.3 is 0 Å². The first-order valence-corrected chi connectivity index (χ1v) is 12.9. The standard InChI is InChI=1S/C24H35FN2O5S/c25-22-17-20(11-12-23(22)28)24(29)18-27-13-4-1-2-5-14-32-15-6-3-8-19-9-7-10-21(16-19)33(26,30)31/h7,9-12,16-17,24,27-29H,1-6,8,13-15,18H2,(H2,26,30,31)/t24-/m1/s1. The molecule has 0 radical (unpaired) electrons. The Balaban J connectivity index is 1.42. The van der Waals surface area contributed by atoms with E-state index in [-0.39, 0.29) is 4.90 Å². The van der Waals surface area contributed by atoms with Crippen LogP contribution in [-0.2, 0) is 21.2 Å². The Morgan fingerprint density at radius 1 is 1.00 bits per heavy atom. The smallest absolute Gasteiger partial charge is 0.238 e. The summed E-state index contributed by atoms with van der Waals surface area (Å²) in [5, 5.41) is 27.6. The molecule has 7 nitrogen and oxygen atoms in total. The Kier molecular flexibility index (Phi) is 11.8. The number of hydrogen-bond donors (Lipinski definition) is 4. The number of nitrogens with one attached hydrogen (secondary N) is 1. The fourth-order valence-corrected chi connectivity index (χ4v) is 3.99. The van der Waals surface area contributed by atoms with Crippen molar-refractivity contribution in [3.8, 4) is 5.75 Å². The van der Waals surface area contributed by atoms with Crippen LogP contribution in [0.2, 0.25) is 0 Å². The summed E-state index contributed by atoms with van der Waals surface area (Å²) in [6.07, 6.45) is 5.90. The van der Waals surface area contributed by atoms with Crippen LogP contribution in [0.5, 0.6) is 5.75 Å². The van der Waals surface area contributed by atoms with Crippen LogP contribution in [-0.4, -0.2) is 44.9 Å². The minimum Gasteiger partial charge on any atom is -0.505 e. The lowest BCUT2D eigenvalue weighted by molar-refractivity contribution is 0.126. The maximum absolute atomic E-state index is 13.3. The van der Waals surface area contributed by atoms with E-state index in [0.717, 1.165) is 69.7 Å². The molecule has 0 unspecified atom stereocenters. The molecule has 0 saturated heterocycles. The summed E-state index contributed by atoms with van der Waals surface area (Å²) in [4.78, 5) is 0.148. The second-order valence-electron chi connectivity index (χ2n) is 8.11. The van der Waals surface area contributed by atoms with Crippen molar-refractivity contribution in [3.05, 3.63) is 59.4 Å². The summed E-state index contributed by atoms with van der Waals surface area (Å²) in [5.74, 6) is -1.15. The van der Waals surface area contributed by atoms with Gasteiger partial charge in [-0.25, -0.2) is 17.9 Å². The lowest BCUT2D eigenvalue weighted by atomic mass is 10.1. The monoisotopic (exact) mass is 482 g/mol. The van der Waals surface area contributed by atoms with Crippen LogP contribution < -0.4 is 10.5 Å². The molecule has 33 heavy (non-hydrogen) atoms. The predicted molar refractivity (Wildman–Crippen MR) is 126 cm³/mol. The van der Waals surface area contributed by atoms with Crippen molar-refractivity contribution in [2.75, 3.05) is 26.3 Å². The van der Waals surface area contributed by atoms with Crippen molar-refractivity contribution in [2.24, 2.45) is 5.14 Å². The topological polar surface area (TPSA) is 122 Å². The zero-order chi connectivity index (χ0) is 24.1. The number of halogens is 1. The molecule has 9 heteroatoms. The molecule has 0 aliphatic carbocycles. The molecule has 2 rings (SSSR count). The molecule has 1 atom stereocenters. The van der Waals surface area contributed by atoms with E-state index in [4.69, 9.17) is 9.88 Å². The van der Waals surface area contributed by atoms with Gasteiger partial charge in [-0.15, -0.1) is 0 Å². The SMILES string of the molecule is NS(=O)(=O)c1cccc(CCCCOCCCCCCNC[C@@H](O)c2ccc(O)c(F)c2)c1. The van der Waals surface area contributed by atoms with E-state index in [9.17, 15) is 23.0 Å². The number of phenolic OH excluding ortho intramolecular Hbond substituents is 1. The van der Waals surface area contributed by atoms with Crippen LogP contribution in [0.25, 0.3) is 0 Å². The highest BCUT2D eigenvalue weighted by Crippen LogP contribution is 2.20. The van der Waals surface area contributed by atoms with E-state index in [1.165, 1.54) is 18.2 Å². The largest absolute Gasteiger partial charge is 0.505 e. The van der Waals surface area contributed by atoms with E-state index in [2.05, 4.69) is 5.32 Å². The van der Waals surface area contributed by atoms with Gasteiger partial charge in [0.05, 0.1) is 11.0 Å². The number of aliphatic hydroxyl groups excluding tert-OH is 1. The van der Waals surface area contributed by atoms with E-state index in [1.807, 2.05) is 6.07 Å². The Bertz CT molecular complexity index is 956. The molecule has 0 aliphatic heterocycles. The molecule has 2 aromatic rings. The van der Waals surface area contributed by atoms with E-state index < -0.39 is 27.7 Å². The second-order valence-corrected chi connectivity index (χ2v) is 9.67. The van der Waals surface area contributed by atoms with E-state index >= 15 is 0 Å². The quantitative estimate of drug-likeness (QED) is 0.272. The molecule has 2 aromatic carbocycles. The molecule has 0 bridgehead atoms. The highest BCUT2D eigenvalue weighted by Gasteiger charge is 2.10. The molecule has 0 saturated carbocycles. The highest BCUT2D eigenvalue weighted by atomic mass is 32.2. The number of rotatable bonds is 16. The number of phenols is 1. The lowest BCUT2D eigenvalue weighted by Gasteiger charge is -2.12. The Hall–Kier alpha value is -2.04. The Morgan fingerprint density at radius 3 is 2.45 bits per heavy atom. The number of unbranched alkanes of at least 4 members (excludes halogenated alkanes) is 4. The fraction of sp³-hybridized carbons (Fsp3) is 0.500. The van der Waals surface area contributed by atoms with Gasteiger partial charge in [-0.2, -0.15) is 0 Å². The summed E-state index contributed by atoms with van der Waals surface area (Å²) in [6, 6.07) is 10.6. The van der Waals surface area contributed by atoms with Gasteiger partial charge in [0.1, 0.15) is 0 Å². The number of benzene rings is 2. The average molecular weight is 483 g/mol. The lowest BCUT2D eigenvalue weighted by Crippen LogP contribution is -2.22. The molecule has 0 spiro atoms. The van der Waals surface area contributed by atoms with Crippen molar-refractivity contribution in [1.82, 2.24) is 5.32 Å². The summed E-state index contributed by atoms with van der Waals surface area (Å²) >= 11 is 0. The number of hydrogen-bond acceptors (Lipinski definition) is 6.